The second-order valence-corrected chi connectivity index (χ2v) is 7.64. The van der Waals surface area contributed by atoms with Gasteiger partial charge in [-0.15, -0.1) is 0 Å². The molecule has 0 fully saturated rings. The smallest absolute Gasteiger partial charge is 0.251 e. The van der Waals surface area contributed by atoms with Gasteiger partial charge in [0.25, 0.3) is 5.91 Å². The van der Waals surface area contributed by atoms with Crippen molar-refractivity contribution < 1.29 is 13.2 Å². The lowest BCUT2D eigenvalue weighted by molar-refractivity contribution is 0.0953. The molecule has 6 nitrogen and oxygen atoms in total. The van der Waals surface area contributed by atoms with Crippen molar-refractivity contribution in [2.75, 3.05) is 20.6 Å². The lowest BCUT2D eigenvalue weighted by Crippen LogP contribution is -2.25. The van der Waals surface area contributed by atoms with Crippen LogP contribution in [-0.4, -0.2) is 44.3 Å². The third kappa shape index (κ3) is 4.62. The number of hydrogen-bond donors (Lipinski definition) is 1. The van der Waals surface area contributed by atoms with Gasteiger partial charge in [-0.2, -0.15) is 0 Å². The molecular formula is C17H21N3O3S. The average Bonchev–Trinajstić information content (AvgIpc) is 2.59. The van der Waals surface area contributed by atoms with Crippen molar-refractivity contribution in [2.45, 2.75) is 17.7 Å². The molecule has 128 valence electrons. The molecule has 0 radical (unpaired) electrons. The molecule has 0 aliphatic rings. The quantitative estimate of drug-likeness (QED) is 0.773. The third-order valence-corrected chi connectivity index (χ3v) is 5.35. The van der Waals surface area contributed by atoms with Crippen molar-refractivity contribution in [3.8, 4) is 0 Å². The summed E-state index contributed by atoms with van der Waals surface area (Å²) >= 11 is 0. The van der Waals surface area contributed by atoms with E-state index in [-0.39, 0.29) is 10.8 Å². The number of carbonyl (C=O) groups is 1. The monoisotopic (exact) mass is 347 g/mol. The Kier molecular flexibility index (Phi) is 6.05. The number of rotatable bonds is 7. The van der Waals surface area contributed by atoms with Gasteiger partial charge in [0.05, 0.1) is 4.90 Å². The fourth-order valence-corrected chi connectivity index (χ4v) is 3.01. The molecule has 2 aromatic rings. The zero-order chi connectivity index (χ0) is 17.6. The Balaban J connectivity index is 1.87. The number of nitrogens with zero attached hydrogens (tertiary/aromatic N) is 2. The molecule has 0 saturated heterocycles. The number of hydrogen-bond acceptors (Lipinski definition) is 4. The predicted octanol–water partition coefficient (Wildman–Crippen LogP) is 1.69. The Labute approximate surface area is 142 Å². The molecule has 0 bridgehead atoms. The number of aromatic nitrogens is 1. The van der Waals surface area contributed by atoms with Gasteiger partial charge < -0.3 is 5.32 Å². The molecule has 1 aromatic carbocycles. The first-order chi connectivity index (χ1) is 11.4. The standard InChI is InChI=1S/C17H21N3O3S/c1-20(2)24(22,23)16-10-8-14(9-11-16)17(21)19-13-5-7-15-6-3-4-12-18-15/h3-4,6,8-12H,5,7,13H2,1-2H3,(H,19,21). The summed E-state index contributed by atoms with van der Waals surface area (Å²) in [6, 6.07) is 11.7. The number of carbonyl (C=O) groups excluding carboxylic acids is 1. The van der Waals surface area contributed by atoms with E-state index in [4.69, 9.17) is 0 Å². The predicted molar refractivity (Wildman–Crippen MR) is 92.2 cm³/mol. The molecule has 0 aliphatic carbocycles. The fourth-order valence-electron chi connectivity index (χ4n) is 2.11. The van der Waals surface area contributed by atoms with Crippen LogP contribution in [0.2, 0.25) is 0 Å². The van der Waals surface area contributed by atoms with E-state index in [1.165, 1.54) is 38.4 Å². The van der Waals surface area contributed by atoms with Crippen LogP contribution in [0.25, 0.3) is 0 Å². The van der Waals surface area contributed by atoms with E-state index < -0.39 is 10.0 Å². The number of aryl methyl sites for hydroxylation is 1. The van der Waals surface area contributed by atoms with Crippen LogP contribution in [0, 0.1) is 0 Å². The van der Waals surface area contributed by atoms with Crippen LogP contribution in [0.5, 0.6) is 0 Å². The van der Waals surface area contributed by atoms with Crippen LogP contribution in [0.15, 0.2) is 53.6 Å². The summed E-state index contributed by atoms with van der Waals surface area (Å²) < 4.78 is 25.1. The molecular weight excluding hydrogens is 326 g/mol. The highest BCUT2D eigenvalue weighted by molar-refractivity contribution is 7.89. The summed E-state index contributed by atoms with van der Waals surface area (Å²) in [4.78, 5) is 16.5. The Morgan fingerprint density at radius 3 is 2.42 bits per heavy atom. The molecule has 0 unspecified atom stereocenters. The maximum absolute atomic E-state index is 12.1. The normalized spacial score (nSPS) is 11.5. The average molecular weight is 347 g/mol. The van der Waals surface area contributed by atoms with Crippen molar-refractivity contribution in [2.24, 2.45) is 0 Å². The van der Waals surface area contributed by atoms with Gasteiger partial charge in [-0.25, -0.2) is 12.7 Å². The second-order valence-electron chi connectivity index (χ2n) is 5.49. The summed E-state index contributed by atoms with van der Waals surface area (Å²) in [7, 11) is -0.537. The van der Waals surface area contributed by atoms with E-state index in [2.05, 4.69) is 10.3 Å². The first-order valence-electron chi connectivity index (χ1n) is 7.62. The van der Waals surface area contributed by atoms with Crippen molar-refractivity contribution in [3.63, 3.8) is 0 Å². The Hall–Kier alpha value is -2.25. The van der Waals surface area contributed by atoms with Gasteiger partial charge >= 0.3 is 0 Å². The molecule has 1 heterocycles. The van der Waals surface area contributed by atoms with E-state index in [0.29, 0.717) is 12.1 Å². The van der Waals surface area contributed by atoms with Crippen molar-refractivity contribution in [1.82, 2.24) is 14.6 Å². The molecule has 24 heavy (non-hydrogen) atoms. The van der Waals surface area contributed by atoms with Crippen molar-refractivity contribution in [3.05, 3.63) is 59.9 Å². The van der Waals surface area contributed by atoms with Gasteiger partial charge in [-0.3, -0.25) is 9.78 Å². The summed E-state index contributed by atoms with van der Waals surface area (Å²) in [5, 5.41) is 2.82. The maximum Gasteiger partial charge on any atom is 0.251 e. The second kappa shape index (κ2) is 8.03. The Morgan fingerprint density at radius 1 is 1.12 bits per heavy atom. The number of nitrogens with one attached hydrogen (secondary N) is 1. The highest BCUT2D eigenvalue weighted by Gasteiger charge is 2.17. The minimum Gasteiger partial charge on any atom is -0.352 e. The van der Waals surface area contributed by atoms with Gasteiger partial charge in [-0.1, -0.05) is 6.07 Å². The van der Waals surface area contributed by atoms with E-state index in [9.17, 15) is 13.2 Å². The van der Waals surface area contributed by atoms with Crippen LogP contribution in [0.1, 0.15) is 22.5 Å². The number of amides is 1. The van der Waals surface area contributed by atoms with E-state index in [1.54, 1.807) is 6.20 Å². The van der Waals surface area contributed by atoms with Crippen molar-refractivity contribution in [1.29, 1.82) is 0 Å². The number of benzene rings is 1. The molecule has 1 aromatic heterocycles. The molecule has 1 amide bonds. The third-order valence-electron chi connectivity index (χ3n) is 3.52. The van der Waals surface area contributed by atoms with E-state index in [0.717, 1.165) is 22.8 Å². The first-order valence-corrected chi connectivity index (χ1v) is 9.06. The van der Waals surface area contributed by atoms with E-state index >= 15 is 0 Å². The van der Waals surface area contributed by atoms with Gasteiger partial charge in [0, 0.05) is 38.1 Å². The number of pyridine rings is 1. The maximum atomic E-state index is 12.1. The van der Waals surface area contributed by atoms with Gasteiger partial charge in [0.15, 0.2) is 0 Å². The minimum absolute atomic E-state index is 0.166. The van der Waals surface area contributed by atoms with Gasteiger partial charge in [0.1, 0.15) is 0 Å². The van der Waals surface area contributed by atoms with Gasteiger partial charge in [0.2, 0.25) is 10.0 Å². The van der Waals surface area contributed by atoms with E-state index in [1.807, 2.05) is 18.2 Å². The fraction of sp³-hybridized carbons (Fsp3) is 0.294. The molecule has 1 N–H and O–H groups in total. The van der Waals surface area contributed by atoms with Gasteiger partial charge in [-0.05, 0) is 49.2 Å². The largest absolute Gasteiger partial charge is 0.352 e. The molecule has 0 saturated carbocycles. The highest BCUT2D eigenvalue weighted by atomic mass is 32.2. The Bertz CT molecular complexity index is 772. The van der Waals surface area contributed by atoms with Crippen LogP contribution in [0.4, 0.5) is 0 Å². The van der Waals surface area contributed by atoms with Crippen LogP contribution >= 0.6 is 0 Å². The zero-order valence-corrected chi connectivity index (χ0v) is 14.6. The summed E-state index contributed by atoms with van der Waals surface area (Å²) in [5.74, 6) is -0.218. The Morgan fingerprint density at radius 2 is 1.83 bits per heavy atom. The summed E-state index contributed by atoms with van der Waals surface area (Å²) in [6.07, 6.45) is 3.33. The molecule has 2 rings (SSSR count). The molecule has 0 aliphatic heterocycles. The SMILES string of the molecule is CN(C)S(=O)(=O)c1ccc(C(=O)NCCCc2ccccn2)cc1. The topological polar surface area (TPSA) is 79.4 Å². The highest BCUT2D eigenvalue weighted by Crippen LogP contribution is 2.14. The van der Waals surface area contributed by atoms with Crippen LogP contribution in [0.3, 0.4) is 0 Å². The van der Waals surface area contributed by atoms with Crippen LogP contribution < -0.4 is 5.32 Å². The summed E-state index contributed by atoms with van der Waals surface area (Å²) in [5.41, 5.74) is 1.43. The molecule has 0 atom stereocenters. The number of sulfonamides is 1. The molecule has 0 spiro atoms. The molecule has 7 heteroatoms. The van der Waals surface area contributed by atoms with Crippen LogP contribution in [-0.2, 0) is 16.4 Å². The van der Waals surface area contributed by atoms with Crippen molar-refractivity contribution >= 4 is 15.9 Å². The zero-order valence-electron chi connectivity index (χ0n) is 13.8. The first kappa shape index (κ1) is 18.1. The summed E-state index contributed by atoms with van der Waals surface area (Å²) in [6.45, 7) is 0.535. The lowest BCUT2D eigenvalue weighted by Gasteiger charge is -2.11. The minimum atomic E-state index is -3.48. The lowest BCUT2D eigenvalue weighted by atomic mass is 10.2.